The highest BCUT2D eigenvalue weighted by Crippen LogP contribution is 2.33. The number of anilines is 1. The van der Waals surface area contributed by atoms with Gasteiger partial charge >= 0.3 is 0 Å². The lowest BCUT2D eigenvalue weighted by Gasteiger charge is -2.07. The first-order valence-corrected chi connectivity index (χ1v) is 6.41. The minimum absolute atomic E-state index is 0.171. The van der Waals surface area contributed by atoms with Gasteiger partial charge in [-0.25, -0.2) is 4.98 Å². The van der Waals surface area contributed by atoms with Crippen molar-refractivity contribution in [1.29, 1.82) is 0 Å². The van der Waals surface area contributed by atoms with Crippen molar-refractivity contribution in [3.8, 4) is 0 Å². The van der Waals surface area contributed by atoms with E-state index in [9.17, 15) is 4.79 Å². The number of rotatable bonds is 2. The van der Waals surface area contributed by atoms with Crippen LogP contribution in [0.2, 0.25) is 0 Å². The van der Waals surface area contributed by atoms with E-state index in [0.29, 0.717) is 10.8 Å². The average Bonchev–Trinajstić information content (AvgIpc) is 2.42. The Morgan fingerprint density at radius 1 is 1.11 bits per heavy atom. The highest BCUT2D eigenvalue weighted by molar-refractivity contribution is 7.99. The summed E-state index contributed by atoms with van der Waals surface area (Å²) in [6.45, 7) is 0. The minimum Gasteiger partial charge on any atom is -0.398 e. The molecule has 0 radical (unpaired) electrons. The molecule has 0 aliphatic rings. The number of aromatic nitrogens is 3. The molecule has 1 aromatic carbocycles. The SMILES string of the molecule is Nc1ccc(Sc2nccc(=O)[nH]2)c2cnccc12. The van der Waals surface area contributed by atoms with Gasteiger partial charge in [0.25, 0.3) is 5.56 Å². The largest absolute Gasteiger partial charge is 0.398 e. The molecule has 0 spiro atoms. The van der Waals surface area contributed by atoms with Crippen LogP contribution in [0.3, 0.4) is 0 Å². The molecule has 0 aliphatic heterocycles. The number of hydrogen-bond acceptors (Lipinski definition) is 5. The fraction of sp³-hybridized carbons (Fsp3) is 0. The maximum atomic E-state index is 11.3. The Bertz CT molecular complexity index is 800. The number of benzene rings is 1. The van der Waals surface area contributed by atoms with Crippen molar-refractivity contribution in [2.24, 2.45) is 0 Å². The molecular formula is C13H10N4OS. The van der Waals surface area contributed by atoms with Gasteiger partial charge in [0.2, 0.25) is 0 Å². The van der Waals surface area contributed by atoms with Crippen molar-refractivity contribution in [3.05, 3.63) is 53.2 Å². The number of hydrogen-bond donors (Lipinski definition) is 2. The van der Waals surface area contributed by atoms with Crippen LogP contribution in [0.15, 0.2) is 57.7 Å². The van der Waals surface area contributed by atoms with Gasteiger partial charge in [-0.15, -0.1) is 0 Å². The standard InChI is InChI=1S/C13H10N4OS/c14-10-1-2-11(9-7-15-5-3-8(9)10)19-13-16-6-4-12(18)17-13/h1-7H,14H2,(H,16,17,18). The van der Waals surface area contributed by atoms with Crippen LogP contribution in [0, 0.1) is 0 Å². The summed E-state index contributed by atoms with van der Waals surface area (Å²) in [6.07, 6.45) is 4.95. The van der Waals surface area contributed by atoms with Gasteiger partial charge in [0.1, 0.15) is 0 Å². The van der Waals surface area contributed by atoms with Crippen LogP contribution in [-0.4, -0.2) is 15.0 Å². The second-order valence-electron chi connectivity index (χ2n) is 3.92. The number of nitrogens with two attached hydrogens (primary N) is 1. The lowest BCUT2D eigenvalue weighted by molar-refractivity contribution is 0.937. The zero-order valence-corrected chi connectivity index (χ0v) is 10.6. The summed E-state index contributed by atoms with van der Waals surface area (Å²) in [5.74, 6) is 0. The summed E-state index contributed by atoms with van der Waals surface area (Å²) < 4.78 is 0. The number of nitrogen functional groups attached to an aromatic ring is 1. The second kappa shape index (κ2) is 4.74. The fourth-order valence-electron chi connectivity index (χ4n) is 1.78. The lowest BCUT2D eigenvalue weighted by atomic mass is 10.1. The normalized spacial score (nSPS) is 10.7. The Labute approximate surface area is 112 Å². The topological polar surface area (TPSA) is 84.7 Å². The van der Waals surface area contributed by atoms with Crippen LogP contribution < -0.4 is 11.3 Å². The van der Waals surface area contributed by atoms with E-state index >= 15 is 0 Å². The molecule has 0 saturated heterocycles. The third-order valence-corrected chi connectivity index (χ3v) is 3.64. The molecule has 0 amide bonds. The predicted molar refractivity (Wildman–Crippen MR) is 75.1 cm³/mol. The summed E-state index contributed by atoms with van der Waals surface area (Å²) in [6, 6.07) is 6.99. The van der Waals surface area contributed by atoms with E-state index in [2.05, 4.69) is 15.0 Å². The van der Waals surface area contributed by atoms with Crippen molar-refractivity contribution in [1.82, 2.24) is 15.0 Å². The Kier molecular flexibility index (Phi) is 2.92. The van der Waals surface area contributed by atoms with Gasteiger partial charge in [-0.05, 0) is 18.2 Å². The zero-order chi connectivity index (χ0) is 13.2. The third kappa shape index (κ3) is 2.30. The van der Waals surface area contributed by atoms with Crippen LogP contribution in [-0.2, 0) is 0 Å². The van der Waals surface area contributed by atoms with E-state index in [1.54, 1.807) is 12.4 Å². The molecule has 0 aliphatic carbocycles. The Balaban J connectivity index is 2.11. The maximum Gasteiger partial charge on any atom is 0.251 e. The summed E-state index contributed by atoms with van der Waals surface area (Å²) in [7, 11) is 0. The summed E-state index contributed by atoms with van der Waals surface area (Å²) in [4.78, 5) is 23.1. The molecule has 19 heavy (non-hydrogen) atoms. The molecule has 3 rings (SSSR count). The van der Waals surface area contributed by atoms with Crippen molar-refractivity contribution >= 4 is 28.2 Å². The first kappa shape index (κ1) is 11.7. The van der Waals surface area contributed by atoms with Crippen molar-refractivity contribution in [2.45, 2.75) is 10.1 Å². The molecule has 2 heterocycles. The van der Waals surface area contributed by atoms with E-state index in [-0.39, 0.29) is 5.56 Å². The van der Waals surface area contributed by atoms with Gasteiger partial charge in [0.05, 0.1) is 0 Å². The lowest BCUT2D eigenvalue weighted by Crippen LogP contribution is -2.05. The maximum absolute atomic E-state index is 11.3. The molecule has 5 nitrogen and oxygen atoms in total. The van der Waals surface area contributed by atoms with Gasteiger partial charge in [0, 0.05) is 46.0 Å². The molecule has 3 aromatic rings. The van der Waals surface area contributed by atoms with Gasteiger partial charge < -0.3 is 10.7 Å². The second-order valence-corrected chi connectivity index (χ2v) is 4.95. The average molecular weight is 270 g/mol. The van der Waals surface area contributed by atoms with Crippen molar-refractivity contribution in [3.63, 3.8) is 0 Å². The minimum atomic E-state index is -0.171. The monoisotopic (exact) mass is 270 g/mol. The Morgan fingerprint density at radius 3 is 2.84 bits per heavy atom. The number of nitrogens with one attached hydrogen (secondary N) is 1. The summed E-state index contributed by atoms with van der Waals surface area (Å²) in [5.41, 5.74) is 6.47. The smallest absolute Gasteiger partial charge is 0.251 e. The van der Waals surface area contributed by atoms with Crippen LogP contribution in [0.25, 0.3) is 10.8 Å². The van der Waals surface area contributed by atoms with E-state index in [1.165, 1.54) is 24.0 Å². The number of H-pyrrole nitrogens is 1. The van der Waals surface area contributed by atoms with E-state index in [1.807, 2.05) is 18.2 Å². The van der Waals surface area contributed by atoms with Crippen LogP contribution >= 0.6 is 11.8 Å². The number of aromatic amines is 1. The molecule has 0 unspecified atom stereocenters. The predicted octanol–water partition coefficient (Wildman–Crippen LogP) is 2.05. The highest BCUT2D eigenvalue weighted by atomic mass is 32.2. The summed E-state index contributed by atoms with van der Waals surface area (Å²) in [5, 5.41) is 2.43. The Morgan fingerprint density at radius 2 is 2.00 bits per heavy atom. The van der Waals surface area contributed by atoms with Crippen LogP contribution in [0.5, 0.6) is 0 Å². The summed E-state index contributed by atoms with van der Waals surface area (Å²) >= 11 is 1.38. The van der Waals surface area contributed by atoms with Gasteiger partial charge in [0.15, 0.2) is 5.16 Å². The molecule has 2 aromatic heterocycles. The Hall–Kier alpha value is -2.34. The van der Waals surface area contributed by atoms with Crippen molar-refractivity contribution in [2.75, 3.05) is 5.73 Å². The first-order chi connectivity index (χ1) is 9.24. The number of pyridine rings is 1. The molecule has 0 saturated carbocycles. The van der Waals surface area contributed by atoms with Crippen molar-refractivity contribution < 1.29 is 0 Å². The number of nitrogens with zero attached hydrogens (tertiary/aromatic N) is 2. The van der Waals surface area contributed by atoms with Gasteiger partial charge in [-0.1, -0.05) is 11.8 Å². The van der Waals surface area contributed by atoms with Gasteiger partial charge in [-0.3, -0.25) is 9.78 Å². The third-order valence-electron chi connectivity index (χ3n) is 2.67. The van der Waals surface area contributed by atoms with E-state index in [4.69, 9.17) is 5.73 Å². The molecule has 3 N–H and O–H groups in total. The molecule has 94 valence electrons. The van der Waals surface area contributed by atoms with E-state index < -0.39 is 0 Å². The fourth-order valence-corrected chi connectivity index (χ4v) is 2.67. The van der Waals surface area contributed by atoms with Crippen LogP contribution in [0.1, 0.15) is 0 Å². The highest BCUT2D eigenvalue weighted by Gasteiger charge is 2.07. The van der Waals surface area contributed by atoms with Gasteiger partial charge in [-0.2, -0.15) is 0 Å². The zero-order valence-electron chi connectivity index (χ0n) is 9.83. The first-order valence-electron chi connectivity index (χ1n) is 5.59. The molecule has 6 heteroatoms. The molecule has 0 bridgehead atoms. The number of fused-ring (bicyclic) bond motifs is 1. The molecule has 0 atom stereocenters. The van der Waals surface area contributed by atoms with Crippen LogP contribution in [0.4, 0.5) is 5.69 Å². The molecule has 0 fully saturated rings. The van der Waals surface area contributed by atoms with E-state index in [0.717, 1.165) is 15.7 Å². The molecular weight excluding hydrogens is 260 g/mol. The quantitative estimate of drug-likeness (QED) is 0.550.